The van der Waals surface area contributed by atoms with Gasteiger partial charge in [0.2, 0.25) is 0 Å². The van der Waals surface area contributed by atoms with Crippen LogP contribution in [0, 0.1) is 17.5 Å². The van der Waals surface area contributed by atoms with E-state index >= 15 is 0 Å². The van der Waals surface area contributed by atoms with Crippen molar-refractivity contribution in [3.8, 4) is 0 Å². The summed E-state index contributed by atoms with van der Waals surface area (Å²) < 4.78 is 41.9. The van der Waals surface area contributed by atoms with Crippen molar-refractivity contribution in [1.82, 2.24) is 4.57 Å². The summed E-state index contributed by atoms with van der Waals surface area (Å²) >= 11 is 1.04. The molecule has 1 N–H and O–H groups in total. The van der Waals surface area contributed by atoms with Gasteiger partial charge in [0, 0.05) is 23.0 Å². The first-order valence-electron chi connectivity index (χ1n) is 8.52. The van der Waals surface area contributed by atoms with Crippen molar-refractivity contribution < 1.29 is 18.0 Å². The third-order valence-corrected chi connectivity index (χ3v) is 5.89. The number of carbonyl (C=O) groups is 1. The molecular formula is C19H11F3N4O2S. The van der Waals surface area contributed by atoms with Crippen LogP contribution in [0.4, 0.5) is 24.5 Å². The van der Waals surface area contributed by atoms with E-state index in [1.807, 2.05) is 0 Å². The van der Waals surface area contributed by atoms with Gasteiger partial charge in [-0.05, 0) is 30.3 Å². The van der Waals surface area contributed by atoms with Gasteiger partial charge in [0.1, 0.15) is 23.7 Å². The number of benzene rings is 2. The predicted octanol–water partition coefficient (Wildman–Crippen LogP) is 1.53. The van der Waals surface area contributed by atoms with Crippen LogP contribution in [-0.4, -0.2) is 17.1 Å². The number of nitrogens with one attached hydrogen (secondary N) is 1. The van der Waals surface area contributed by atoms with E-state index in [-0.39, 0.29) is 23.4 Å². The quantitative estimate of drug-likeness (QED) is 0.655. The van der Waals surface area contributed by atoms with Crippen LogP contribution in [0.5, 0.6) is 0 Å². The molecule has 0 radical (unpaired) electrons. The first-order valence-corrected chi connectivity index (χ1v) is 9.34. The molecule has 0 saturated heterocycles. The zero-order chi connectivity index (χ0) is 20.3. The van der Waals surface area contributed by atoms with E-state index in [9.17, 15) is 22.8 Å². The summed E-state index contributed by atoms with van der Waals surface area (Å²) in [6.45, 7) is 0.196. The van der Waals surface area contributed by atoms with E-state index in [2.05, 4.69) is 10.3 Å². The molecule has 6 nitrogen and oxygen atoms in total. The minimum atomic E-state index is -0.997. The lowest BCUT2D eigenvalue weighted by Crippen LogP contribution is -2.43. The Kier molecular flexibility index (Phi) is 3.85. The molecule has 0 bridgehead atoms. The van der Waals surface area contributed by atoms with Gasteiger partial charge in [-0.3, -0.25) is 14.2 Å². The maximum Gasteiger partial charge on any atom is 0.272 e. The fraction of sp³-hybridized carbons (Fsp3) is 0.105. The first-order chi connectivity index (χ1) is 13.9. The van der Waals surface area contributed by atoms with Crippen molar-refractivity contribution >= 4 is 34.2 Å². The van der Waals surface area contributed by atoms with Crippen molar-refractivity contribution in [1.29, 1.82) is 0 Å². The molecule has 2 aliphatic heterocycles. The number of aromatic nitrogens is 1. The lowest BCUT2D eigenvalue weighted by molar-refractivity contribution is -0.110. The summed E-state index contributed by atoms with van der Waals surface area (Å²) in [6.07, 6.45) is 0. The topological polar surface area (TPSA) is 66.7 Å². The second kappa shape index (κ2) is 6.31. The van der Waals surface area contributed by atoms with Crippen molar-refractivity contribution in [2.45, 2.75) is 6.67 Å². The number of thiazole rings is 1. The summed E-state index contributed by atoms with van der Waals surface area (Å²) in [5.74, 6) is -2.97. The normalized spacial score (nSPS) is 16.9. The predicted molar refractivity (Wildman–Crippen MR) is 101 cm³/mol. The van der Waals surface area contributed by atoms with E-state index in [1.54, 1.807) is 4.90 Å². The van der Waals surface area contributed by atoms with E-state index in [0.717, 1.165) is 23.5 Å². The second-order valence-corrected chi connectivity index (χ2v) is 7.52. The maximum absolute atomic E-state index is 13.7. The number of fused-ring (bicyclic) bond motifs is 2. The summed E-state index contributed by atoms with van der Waals surface area (Å²) in [7, 11) is 0. The number of rotatable bonds is 1. The van der Waals surface area contributed by atoms with Crippen LogP contribution >= 0.6 is 11.3 Å². The molecule has 0 atom stereocenters. The Bertz CT molecular complexity index is 1380. The van der Waals surface area contributed by atoms with Gasteiger partial charge in [0.05, 0.1) is 5.57 Å². The number of hydrogen-bond donors (Lipinski definition) is 1. The Hall–Kier alpha value is -3.40. The van der Waals surface area contributed by atoms with Gasteiger partial charge in [-0.2, -0.15) is 0 Å². The third-order valence-electron chi connectivity index (χ3n) is 4.77. The van der Waals surface area contributed by atoms with Crippen molar-refractivity contribution in [3.63, 3.8) is 0 Å². The van der Waals surface area contributed by atoms with Crippen LogP contribution in [0.3, 0.4) is 0 Å². The van der Waals surface area contributed by atoms with Gasteiger partial charge in [0.15, 0.2) is 16.4 Å². The fourth-order valence-electron chi connectivity index (χ4n) is 3.37. The summed E-state index contributed by atoms with van der Waals surface area (Å²) in [4.78, 5) is 31.8. The highest BCUT2D eigenvalue weighted by Gasteiger charge is 2.28. The number of hydrogen-bond acceptors (Lipinski definition) is 5. The number of carbonyl (C=O) groups excluding carboxylic acids is 1. The Balaban J connectivity index is 1.64. The monoisotopic (exact) mass is 416 g/mol. The fourth-order valence-corrected chi connectivity index (χ4v) is 4.43. The molecule has 0 unspecified atom stereocenters. The average molecular weight is 416 g/mol. The number of anilines is 2. The van der Waals surface area contributed by atoms with Gasteiger partial charge >= 0.3 is 0 Å². The van der Waals surface area contributed by atoms with E-state index in [0.29, 0.717) is 21.7 Å². The second-order valence-electron chi connectivity index (χ2n) is 6.55. The molecule has 1 amide bonds. The third kappa shape index (κ3) is 2.75. The van der Waals surface area contributed by atoms with Gasteiger partial charge in [-0.15, -0.1) is 0 Å². The van der Waals surface area contributed by atoms with Crippen molar-refractivity contribution in [2.75, 3.05) is 16.9 Å². The first kappa shape index (κ1) is 17.7. The van der Waals surface area contributed by atoms with E-state index < -0.39 is 28.9 Å². The molecule has 5 rings (SSSR count). The highest BCUT2D eigenvalue weighted by molar-refractivity contribution is 7.07. The molecule has 3 aromatic rings. The maximum atomic E-state index is 13.7. The van der Waals surface area contributed by atoms with Crippen LogP contribution in [0.1, 0.15) is 5.56 Å². The Morgan fingerprint density at radius 3 is 2.66 bits per heavy atom. The zero-order valence-electron chi connectivity index (χ0n) is 14.6. The molecule has 2 aliphatic rings. The van der Waals surface area contributed by atoms with Gasteiger partial charge in [0.25, 0.3) is 11.5 Å². The standard InChI is InChI=1S/C19H11F3N4O2S/c20-9-1-4-14-11(5-9)15(17(27)24-14)16-18(28)26-8-25(7-23-19(26)29-16)10-2-3-12(21)13(22)6-10/h1-6H,7-8H2,(H,24,27)/b16-15-. The molecule has 10 heteroatoms. The van der Waals surface area contributed by atoms with E-state index in [1.165, 1.54) is 28.8 Å². The van der Waals surface area contributed by atoms with Crippen LogP contribution in [0.2, 0.25) is 0 Å². The smallest absolute Gasteiger partial charge is 0.272 e. The summed E-state index contributed by atoms with van der Waals surface area (Å²) in [5, 5.41) is 2.62. The van der Waals surface area contributed by atoms with Crippen LogP contribution in [-0.2, 0) is 11.5 Å². The number of amides is 1. The molecule has 0 fully saturated rings. The Morgan fingerprint density at radius 2 is 1.86 bits per heavy atom. The molecule has 3 heterocycles. The van der Waals surface area contributed by atoms with Crippen LogP contribution in [0.25, 0.3) is 5.57 Å². The SMILES string of the molecule is O=C1Nc2ccc(F)cc2/C1=c1/sc2n(c1=O)CN(c1ccc(F)c(F)c1)CN=2. The molecule has 0 spiro atoms. The lowest BCUT2D eigenvalue weighted by atomic mass is 10.1. The van der Waals surface area contributed by atoms with Gasteiger partial charge in [-0.25, -0.2) is 18.2 Å². The number of nitrogens with zero attached hydrogens (tertiary/aromatic N) is 3. The Morgan fingerprint density at radius 1 is 1.03 bits per heavy atom. The highest BCUT2D eigenvalue weighted by Crippen LogP contribution is 2.30. The number of halogens is 3. The van der Waals surface area contributed by atoms with E-state index in [4.69, 9.17) is 0 Å². The minimum Gasteiger partial charge on any atom is -0.333 e. The molecule has 2 aromatic carbocycles. The van der Waals surface area contributed by atoms with Crippen LogP contribution in [0.15, 0.2) is 46.2 Å². The largest absolute Gasteiger partial charge is 0.333 e. The molecule has 0 saturated carbocycles. The molecular weight excluding hydrogens is 405 g/mol. The van der Waals surface area contributed by atoms with Crippen LogP contribution < -0.4 is 25.1 Å². The lowest BCUT2D eigenvalue weighted by Gasteiger charge is -2.25. The molecule has 146 valence electrons. The average Bonchev–Trinajstić information content (AvgIpc) is 3.19. The van der Waals surface area contributed by atoms with Crippen molar-refractivity contribution in [2.24, 2.45) is 4.99 Å². The zero-order valence-corrected chi connectivity index (χ0v) is 15.4. The van der Waals surface area contributed by atoms with Gasteiger partial charge in [-0.1, -0.05) is 11.3 Å². The Labute approximate surface area is 164 Å². The highest BCUT2D eigenvalue weighted by atomic mass is 32.1. The molecule has 1 aromatic heterocycles. The van der Waals surface area contributed by atoms with Gasteiger partial charge < -0.3 is 10.2 Å². The summed E-state index contributed by atoms with van der Waals surface area (Å²) in [6, 6.07) is 7.31. The summed E-state index contributed by atoms with van der Waals surface area (Å²) in [5.41, 5.74) is 0.775. The van der Waals surface area contributed by atoms with Crippen molar-refractivity contribution in [3.05, 3.63) is 79.1 Å². The molecule has 29 heavy (non-hydrogen) atoms. The minimum absolute atomic E-state index is 0.0597. The molecule has 0 aliphatic carbocycles.